The Kier molecular flexibility index (Phi) is 5.22. The molecule has 5 rings (SSSR count). The number of hydrogen-bond acceptors (Lipinski definition) is 3. The van der Waals surface area contributed by atoms with Crippen molar-refractivity contribution in [1.82, 2.24) is 19.9 Å². The van der Waals surface area contributed by atoms with Crippen LogP contribution in [0.2, 0.25) is 0 Å². The van der Waals surface area contributed by atoms with Crippen LogP contribution in [-0.4, -0.2) is 19.6 Å². The van der Waals surface area contributed by atoms with Crippen LogP contribution < -0.4 is 10.2 Å². The van der Waals surface area contributed by atoms with Crippen LogP contribution in [0.25, 0.3) is 0 Å². The highest BCUT2D eigenvalue weighted by molar-refractivity contribution is 7.80. The summed E-state index contributed by atoms with van der Waals surface area (Å²) in [6, 6.07) is 24.6. The van der Waals surface area contributed by atoms with Crippen molar-refractivity contribution in [2.24, 2.45) is 0 Å². The molecule has 1 saturated heterocycles. The standard InChI is InChI=1S/C25H23N5S/c1-18-8-6-10-20(16-18)30-24(23(28-25(30)31)21-11-3-5-14-27-21)22-12-7-15-29(22)17-19-9-2-4-13-26-19/h2-16,23-24H,17H2,1H3,(H,28,31)/t23-,24-/m1/s1. The van der Waals surface area contributed by atoms with Crippen molar-refractivity contribution in [2.75, 3.05) is 4.90 Å². The highest BCUT2D eigenvalue weighted by Crippen LogP contribution is 2.41. The fourth-order valence-corrected chi connectivity index (χ4v) is 4.56. The number of pyridine rings is 2. The minimum atomic E-state index is -0.0633. The second kappa shape index (κ2) is 8.32. The summed E-state index contributed by atoms with van der Waals surface area (Å²) in [5.74, 6) is 0. The summed E-state index contributed by atoms with van der Waals surface area (Å²) in [5.41, 5.74) is 5.42. The monoisotopic (exact) mass is 425 g/mol. The molecule has 4 heterocycles. The second-order valence-electron chi connectivity index (χ2n) is 7.72. The Morgan fingerprint density at radius 1 is 0.935 bits per heavy atom. The van der Waals surface area contributed by atoms with Crippen LogP contribution in [0, 0.1) is 6.92 Å². The van der Waals surface area contributed by atoms with Crippen molar-refractivity contribution in [3.05, 3.63) is 114 Å². The third-order valence-corrected chi connectivity index (χ3v) is 5.92. The van der Waals surface area contributed by atoms with Crippen LogP contribution >= 0.6 is 12.2 Å². The molecular formula is C25H23N5S. The van der Waals surface area contributed by atoms with Gasteiger partial charge >= 0.3 is 0 Å². The van der Waals surface area contributed by atoms with E-state index in [0.717, 1.165) is 22.8 Å². The molecule has 0 bridgehead atoms. The average Bonchev–Trinajstić information content (AvgIpc) is 3.38. The van der Waals surface area contributed by atoms with Gasteiger partial charge < -0.3 is 14.8 Å². The smallest absolute Gasteiger partial charge is 0.174 e. The molecule has 1 fully saturated rings. The highest BCUT2D eigenvalue weighted by Gasteiger charge is 2.42. The quantitative estimate of drug-likeness (QED) is 0.465. The van der Waals surface area contributed by atoms with E-state index in [1.54, 1.807) is 0 Å². The van der Waals surface area contributed by atoms with E-state index in [4.69, 9.17) is 12.2 Å². The van der Waals surface area contributed by atoms with Crippen molar-refractivity contribution >= 4 is 23.0 Å². The number of nitrogens with zero attached hydrogens (tertiary/aromatic N) is 4. The van der Waals surface area contributed by atoms with Gasteiger partial charge in [0, 0.05) is 30.0 Å². The molecule has 0 unspecified atom stereocenters. The van der Waals surface area contributed by atoms with Gasteiger partial charge in [0.05, 0.1) is 24.0 Å². The van der Waals surface area contributed by atoms with E-state index in [9.17, 15) is 0 Å². The zero-order chi connectivity index (χ0) is 21.2. The summed E-state index contributed by atoms with van der Waals surface area (Å²) in [4.78, 5) is 11.4. The number of anilines is 1. The molecular weight excluding hydrogens is 402 g/mol. The van der Waals surface area contributed by atoms with E-state index >= 15 is 0 Å². The van der Waals surface area contributed by atoms with Crippen molar-refractivity contribution in [3.8, 4) is 0 Å². The Labute approximate surface area is 187 Å². The molecule has 1 aliphatic heterocycles. The number of benzene rings is 1. The number of rotatable bonds is 5. The summed E-state index contributed by atoms with van der Waals surface area (Å²) in [6.07, 6.45) is 5.77. The molecule has 1 N–H and O–H groups in total. The highest BCUT2D eigenvalue weighted by atomic mass is 32.1. The van der Waals surface area contributed by atoms with Crippen LogP contribution in [-0.2, 0) is 6.54 Å². The summed E-state index contributed by atoms with van der Waals surface area (Å²) < 4.78 is 2.25. The Morgan fingerprint density at radius 3 is 2.52 bits per heavy atom. The zero-order valence-electron chi connectivity index (χ0n) is 17.2. The van der Waals surface area contributed by atoms with Gasteiger partial charge in [-0.2, -0.15) is 0 Å². The summed E-state index contributed by atoms with van der Waals surface area (Å²) in [7, 11) is 0. The van der Waals surface area contributed by atoms with Gasteiger partial charge in [0.2, 0.25) is 0 Å². The van der Waals surface area contributed by atoms with Gasteiger partial charge in [-0.1, -0.05) is 24.3 Å². The maximum Gasteiger partial charge on any atom is 0.174 e. The van der Waals surface area contributed by atoms with Crippen LogP contribution in [0.1, 0.15) is 34.7 Å². The lowest BCUT2D eigenvalue weighted by Crippen LogP contribution is -2.30. The summed E-state index contributed by atoms with van der Waals surface area (Å²) in [6.45, 7) is 2.80. The Bertz CT molecular complexity index is 1190. The van der Waals surface area contributed by atoms with Crippen LogP contribution in [0.3, 0.4) is 0 Å². The minimum absolute atomic E-state index is 0.0390. The molecule has 0 amide bonds. The molecule has 1 aromatic carbocycles. The van der Waals surface area contributed by atoms with Gasteiger partial charge in [0.15, 0.2) is 5.11 Å². The van der Waals surface area contributed by atoms with E-state index in [-0.39, 0.29) is 12.1 Å². The van der Waals surface area contributed by atoms with E-state index in [2.05, 4.69) is 86.4 Å². The molecule has 0 radical (unpaired) electrons. The lowest BCUT2D eigenvalue weighted by Gasteiger charge is -2.29. The maximum absolute atomic E-state index is 5.83. The molecule has 2 atom stereocenters. The molecule has 31 heavy (non-hydrogen) atoms. The van der Waals surface area contributed by atoms with Crippen molar-refractivity contribution < 1.29 is 0 Å². The van der Waals surface area contributed by atoms with Crippen LogP contribution in [0.5, 0.6) is 0 Å². The van der Waals surface area contributed by atoms with Crippen molar-refractivity contribution in [2.45, 2.75) is 25.6 Å². The van der Waals surface area contributed by atoms with Crippen LogP contribution in [0.15, 0.2) is 91.4 Å². The SMILES string of the molecule is Cc1cccc(N2C(=S)N[C@H](c3ccccn3)[C@H]2c2cccn2Cc2ccccn2)c1. The first kappa shape index (κ1) is 19.5. The molecule has 0 aliphatic carbocycles. The number of nitrogens with one attached hydrogen (secondary N) is 1. The third kappa shape index (κ3) is 3.82. The van der Waals surface area contributed by atoms with E-state index < -0.39 is 0 Å². The molecule has 1 aliphatic rings. The van der Waals surface area contributed by atoms with Gasteiger partial charge in [-0.15, -0.1) is 0 Å². The molecule has 0 saturated carbocycles. The molecule has 5 nitrogen and oxygen atoms in total. The molecule has 4 aromatic rings. The lowest BCUT2D eigenvalue weighted by molar-refractivity contribution is 0.532. The van der Waals surface area contributed by atoms with E-state index in [0.29, 0.717) is 11.7 Å². The largest absolute Gasteiger partial charge is 0.351 e. The maximum atomic E-state index is 5.83. The minimum Gasteiger partial charge on any atom is -0.351 e. The third-order valence-electron chi connectivity index (χ3n) is 5.60. The number of aryl methyl sites for hydroxylation is 1. The first-order valence-corrected chi connectivity index (χ1v) is 10.7. The first-order chi connectivity index (χ1) is 15.2. The molecule has 154 valence electrons. The second-order valence-corrected chi connectivity index (χ2v) is 8.10. The van der Waals surface area contributed by atoms with Gasteiger partial charge in [-0.05, 0) is 73.2 Å². The Morgan fingerprint density at radius 2 is 1.77 bits per heavy atom. The molecule has 0 spiro atoms. The topological polar surface area (TPSA) is 46.0 Å². The number of hydrogen-bond donors (Lipinski definition) is 1. The average molecular weight is 426 g/mol. The predicted octanol–water partition coefficient (Wildman–Crippen LogP) is 4.81. The summed E-state index contributed by atoms with van der Waals surface area (Å²) in [5, 5.41) is 4.24. The van der Waals surface area contributed by atoms with Gasteiger partial charge in [0.25, 0.3) is 0 Å². The van der Waals surface area contributed by atoms with Gasteiger partial charge in [0.1, 0.15) is 6.04 Å². The fraction of sp³-hybridized carbons (Fsp3) is 0.160. The van der Waals surface area contributed by atoms with Crippen molar-refractivity contribution in [1.29, 1.82) is 0 Å². The first-order valence-electron chi connectivity index (χ1n) is 10.3. The van der Waals surface area contributed by atoms with E-state index in [1.165, 1.54) is 5.56 Å². The lowest BCUT2D eigenvalue weighted by atomic mass is 10.0. The zero-order valence-corrected chi connectivity index (χ0v) is 18.0. The predicted molar refractivity (Wildman–Crippen MR) is 127 cm³/mol. The van der Waals surface area contributed by atoms with Gasteiger partial charge in [-0.3, -0.25) is 9.97 Å². The van der Waals surface area contributed by atoms with Gasteiger partial charge in [-0.25, -0.2) is 0 Å². The summed E-state index contributed by atoms with van der Waals surface area (Å²) >= 11 is 5.83. The Hall–Kier alpha value is -3.51. The van der Waals surface area contributed by atoms with Crippen molar-refractivity contribution in [3.63, 3.8) is 0 Å². The fourth-order valence-electron chi connectivity index (χ4n) is 4.22. The van der Waals surface area contributed by atoms with E-state index in [1.807, 2.05) is 36.7 Å². The Balaban J connectivity index is 1.61. The number of aromatic nitrogens is 3. The molecule has 3 aromatic heterocycles. The normalized spacial score (nSPS) is 18.2. The molecule has 6 heteroatoms. The number of thiocarbonyl (C=S) groups is 1. The van der Waals surface area contributed by atoms with Crippen LogP contribution in [0.4, 0.5) is 5.69 Å².